The van der Waals surface area contributed by atoms with E-state index in [2.05, 4.69) is 10.2 Å². The maximum Gasteiger partial charge on any atom is 0.331 e. The molecule has 1 fully saturated rings. The zero-order valence-corrected chi connectivity index (χ0v) is 11.8. The van der Waals surface area contributed by atoms with Gasteiger partial charge < -0.3 is 14.9 Å². The summed E-state index contributed by atoms with van der Waals surface area (Å²) in [7, 11) is 0. The Morgan fingerprint density at radius 1 is 1.30 bits per heavy atom. The van der Waals surface area contributed by atoms with Crippen LogP contribution in [0.2, 0.25) is 0 Å². The lowest BCUT2D eigenvalue weighted by Crippen LogP contribution is -2.49. The van der Waals surface area contributed by atoms with Crippen molar-refractivity contribution in [3.05, 3.63) is 0 Å². The maximum atomic E-state index is 11.7. The Bertz CT molecular complexity index is 355. The molecule has 0 aliphatic carbocycles. The van der Waals surface area contributed by atoms with Gasteiger partial charge in [-0.05, 0) is 6.92 Å². The van der Waals surface area contributed by atoms with E-state index < -0.39 is 17.9 Å². The monoisotopic (exact) mass is 287 g/mol. The number of rotatable bonds is 5. The number of nitrogens with one attached hydrogen (secondary N) is 2. The van der Waals surface area contributed by atoms with Gasteiger partial charge in [-0.25, -0.2) is 4.79 Å². The highest BCUT2D eigenvalue weighted by atomic mass is 16.7. The molecule has 1 heterocycles. The third-order valence-corrected chi connectivity index (χ3v) is 2.80. The molecule has 0 saturated carbocycles. The van der Waals surface area contributed by atoms with Gasteiger partial charge in [0, 0.05) is 19.5 Å². The summed E-state index contributed by atoms with van der Waals surface area (Å²) in [4.78, 5) is 40.6. The largest absolute Gasteiger partial charge is 0.379 e. The highest BCUT2D eigenvalue weighted by molar-refractivity contribution is 5.88. The molecule has 0 bridgehead atoms. The van der Waals surface area contributed by atoms with E-state index in [0.29, 0.717) is 26.3 Å². The van der Waals surface area contributed by atoms with Crippen LogP contribution in [0.4, 0.5) is 0 Å². The third-order valence-electron chi connectivity index (χ3n) is 2.80. The summed E-state index contributed by atoms with van der Waals surface area (Å²) < 4.78 is 5.18. The van der Waals surface area contributed by atoms with Crippen LogP contribution in [0.1, 0.15) is 20.3 Å². The number of hydroxylamine groups is 1. The lowest BCUT2D eigenvalue weighted by Gasteiger charge is -2.26. The first-order chi connectivity index (χ1) is 9.52. The van der Waals surface area contributed by atoms with Gasteiger partial charge in [0.15, 0.2) is 0 Å². The minimum absolute atomic E-state index is 0.165. The van der Waals surface area contributed by atoms with Gasteiger partial charge in [0.2, 0.25) is 5.91 Å². The first-order valence-corrected chi connectivity index (χ1v) is 6.62. The van der Waals surface area contributed by atoms with E-state index in [4.69, 9.17) is 4.74 Å². The molecule has 1 saturated heterocycles. The SMILES string of the molecule is CCC(=O)ONC(=O)[C@H](C)NC(=O)CN1CCOCC1. The van der Waals surface area contributed by atoms with Crippen LogP contribution in [0.3, 0.4) is 0 Å². The number of ether oxygens (including phenoxy) is 1. The minimum atomic E-state index is -0.770. The number of carbonyl (C=O) groups excluding carboxylic acids is 3. The molecule has 0 spiro atoms. The second kappa shape index (κ2) is 8.49. The Labute approximate surface area is 117 Å². The molecule has 20 heavy (non-hydrogen) atoms. The predicted octanol–water partition coefficient (Wildman–Crippen LogP) is -1.19. The fourth-order valence-electron chi connectivity index (χ4n) is 1.58. The Hall–Kier alpha value is -1.67. The number of hydrogen-bond acceptors (Lipinski definition) is 6. The molecule has 0 aromatic carbocycles. The molecule has 1 rings (SSSR count). The predicted molar refractivity (Wildman–Crippen MR) is 69.4 cm³/mol. The molecule has 8 heteroatoms. The summed E-state index contributed by atoms with van der Waals surface area (Å²) in [6.07, 6.45) is 0.165. The van der Waals surface area contributed by atoms with E-state index in [1.807, 2.05) is 10.4 Å². The van der Waals surface area contributed by atoms with Crippen molar-refractivity contribution in [2.24, 2.45) is 0 Å². The van der Waals surface area contributed by atoms with Crippen LogP contribution in [0.15, 0.2) is 0 Å². The second-order valence-corrected chi connectivity index (χ2v) is 4.47. The van der Waals surface area contributed by atoms with E-state index >= 15 is 0 Å². The van der Waals surface area contributed by atoms with Crippen LogP contribution in [0.5, 0.6) is 0 Å². The van der Waals surface area contributed by atoms with Crippen molar-refractivity contribution in [1.82, 2.24) is 15.7 Å². The van der Waals surface area contributed by atoms with Crippen LogP contribution < -0.4 is 10.8 Å². The number of nitrogens with zero attached hydrogens (tertiary/aromatic N) is 1. The lowest BCUT2D eigenvalue weighted by atomic mass is 10.3. The highest BCUT2D eigenvalue weighted by Gasteiger charge is 2.19. The van der Waals surface area contributed by atoms with E-state index in [9.17, 15) is 14.4 Å². The van der Waals surface area contributed by atoms with Crippen LogP contribution >= 0.6 is 0 Å². The molecule has 1 aliphatic rings. The third kappa shape index (κ3) is 5.98. The van der Waals surface area contributed by atoms with Crippen molar-refractivity contribution in [2.45, 2.75) is 26.3 Å². The van der Waals surface area contributed by atoms with Gasteiger partial charge in [0.05, 0.1) is 19.8 Å². The van der Waals surface area contributed by atoms with Crippen molar-refractivity contribution in [3.63, 3.8) is 0 Å². The average Bonchev–Trinajstić information content (AvgIpc) is 2.45. The van der Waals surface area contributed by atoms with Gasteiger partial charge in [-0.2, -0.15) is 5.48 Å². The molecule has 0 aromatic rings. The molecule has 114 valence electrons. The second-order valence-electron chi connectivity index (χ2n) is 4.47. The standard InChI is InChI=1S/C12H21N3O5/c1-3-11(17)20-14-12(18)9(2)13-10(16)8-15-4-6-19-7-5-15/h9H,3-8H2,1-2H3,(H,13,16)(H,14,18)/t9-/m0/s1. The van der Waals surface area contributed by atoms with Crippen molar-refractivity contribution >= 4 is 17.8 Å². The Morgan fingerprint density at radius 2 is 1.95 bits per heavy atom. The maximum absolute atomic E-state index is 11.7. The Kier molecular flexibility index (Phi) is 6.96. The van der Waals surface area contributed by atoms with Crippen LogP contribution in [-0.4, -0.2) is 61.6 Å². The Balaban J connectivity index is 2.25. The van der Waals surface area contributed by atoms with Gasteiger partial charge in [-0.15, -0.1) is 0 Å². The fraction of sp³-hybridized carbons (Fsp3) is 0.750. The smallest absolute Gasteiger partial charge is 0.331 e. The van der Waals surface area contributed by atoms with E-state index in [-0.39, 0.29) is 18.9 Å². The van der Waals surface area contributed by atoms with Crippen molar-refractivity contribution in [2.75, 3.05) is 32.8 Å². The number of amides is 2. The molecule has 0 radical (unpaired) electrons. The molecule has 0 unspecified atom stereocenters. The summed E-state index contributed by atoms with van der Waals surface area (Å²) >= 11 is 0. The van der Waals surface area contributed by atoms with Crippen LogP contribution in [0.25, 0.3) is 0 Å². The minimum Gasteiger partial charge on any atom is -0.379 e. The van der Waals surface area contributed by atoms with Crippen molar-refractivity contribution in [3.8, 4) is 0 Å². The highest BCUT2D eigenvalue weighted by Crippen LogP contribution is 1.96. The summed E-state index contributed by atoms with van der Waals surface area (Å²) in [6, 6.07) is -0.770. The zero-order chi connectivity index (χ0) is 15.0. The van der Waals surface area contributed by atoms with E-state index in [1.54, 1.807) is 6.92 Å². The van der Waals surface area contributed by atoms with Gasteiger partial charge in [-0.1, -0.05) is 6.92 Å². The summed E-state index contributed by atoms with van der Waals surface area (Å²) in [5.41, 5.74) is 2.01. The van der Waals surface area contributed by atoms with Crippen LogP contribution in [-0.2, 0) is 24.0 Å². The molecule has 1 atom stereocenters. The van der Waals surface area contributed by atoms with E-state index in [0.717, 1.165) is 0 Å². The first kappa shape index (κ1) is 16.4. The molecule has 1 aliphatic heterocycles. The van der Waals surface area contributed by atoms with Crippen molar-refractivity contribution < 1.29 is 24.0 Å². The first-order valence-electron chi connectivity index (χ1n) is 6.62. The zero-order valence-electron chi connectivity index (χ0n) is 11.8. The molecule has 2 N–H and O–H groups in total. The summed E-state index contributed by atoms with van der Waals surface area (Å²) in [5.74, 6) is -1.36. The van der Waals surface area contributed by atoms with Gasteiger partial charge in [0.25, 0.3) is 5.91 Å². The van der Waals surface area contributed by atoms with Crippen LogP contribution in [0, 0.1) is 0 Å². The molecular weight excluding hydrogens is 266 g/mol. The molecule has 2 amide bonds. The summed E-state index contributed by atoms with van der Waals surface area (Å²) in [5, 5.41) is 2.54. The molecule has 8 nitrogen and oxygen atoms in total. The molecular formula is C12H21N3O5. The molecule has 0 aromatic heterocycles. The van der Waals surface area contributed by atoms with Gasteiger partial charge in [-0.3, -0.25) is 14.5 Å². The average molecular weight is 287 g/mol. The van der Waals surface area contributed by atoms with Crippen molar-refractivity contribution in [1.29, 1.82) is 0 Å². The summed E-state index contributed by atoms with van der Waals surface area (Å²) in [6.45, 7) is 5.96. The lowest BCUT2D eigenvalue weighted by molar-refractivity contribution is -0.158. The Morgan fingerprint density at radius 3 is 2.55 bits per heavy atom. The quantitative estimate of drug-likeness (QED) is 0.617. The fourth-order valence-corrected chi connectivity index (χ4v) is 1.58. The van der Waals surface area contributed by atoms with E-state index in [1.165, 1.54) is 6.92 Å². The number of hydrogen-bond donors (Lipinski definition) is 2. The van der Waals surface area contributed by atoms with Gasteiger partial charge >= 0.3 is 5.97 Å². The topological polar surface area (TPSA) is 97.0 Å². The number of carbonyl (C=O) groups is 3. The van der Waals surface area contributed by atoms with Gasteiger partial charge in [0.1, 0.15) is 6.04 Å². The number of morpholine rings is 1. The normalized spacial score (nSPS) is 17.1.